The van der Waals surface area contributed by atoms with Crippen LogP contribution in [0, 0.1) is 6.92 Å². The molecule has 2 N–H and O–H groups in total. The van der Waals surface area contributed by atoms with Gasteiger partial charge in [0.2, 0.25) is 11.8 Å². The number of amides is 2. The molecule has 0 aliphatic rings. The van der Waals surface area contributed by atoms with Gasteiger partial charge in [-0.3, -0.25) is 14.0 Å². The Balaban J connectivity index is 1.32. The summed E-state index contributed by atoms with van der Waals surface area (Å²) in [5.74, 6) is 0.290. The lowest BCUT2D eigenvalue weighted by Crippen LogP contribution is -2.17. The summed E-state index contributed by atoms with van der Waals surface area (Å²) in [7, 11) is 0. The number of anilines is 2. The smallest absolute Gasteiger partial charge is 0.231 e. The van der Waals surface area contributed by atoms with E-state index in [2.05, 4.69) is 15.6 Å². The quantitative estimate of drug-likeness (QED) is 0.331. The Morgan fingerprint density at radius 2 is 1.74 bits per heavy atom. The number of fused-ring (bicyclic) bond motifs is 1. The summed E-state index contributed by atoms with van der Waals surface area (Å²) in [5.41, 5.74) is 4.04. The first-order chi connectivity index (χ1) is 16.6. The van der Waals surface area contributed by atoms with E-state index < -0.39 is 0 Å². The zero-order chi connectivity index (χ0) is 23.5. The summed E-state index contributed by atoms with van der Waals surface area (Å²) in [5, 5.41) is 10.1. The Bertz CT molecular complexity index is 1460. The first-order valence-corrected chi connectivity index (χ1v) is 12.4. The third-order valence-corrected chi connectivity index (χ3v) is 6.89. The Kier molecular flexibility index (Phi) is 6.20. The molecule has 0 unspecified atom stereocenters. The Hall–Kier alpha value is -3.82. The molecule has 7 nitrogen and oxygen atoms in total. The second-order valence-electron chi connectivity index (χ2n) is 7.73. The summed E-state index contributed by atoms with van der Waals surface area (Å²) in [6.45, 7) is 1.99. The van der Waals surface area contributed by atoms with Crippen LogP contribution in [0.25, 0.3) is 16.9 Å². The number of carbonyl (C=O) groups is 2. The number of carbonyl (C=O) groups excluding carboxylic acids is 2. The minimum atomic E-state index is -0.206. The third kappa shape index (κ3) is 4.75. The number of pyridine rings is 1. The summed E-state index contributed by atoms with van der Waals surface area (Å²) in [6, 6.07) is 17.5. The second-order valence-corrected chi connectivity index (χ2v) is 9.62. The van der Waals surface area contributed by atoms with Gasteiger partial charge < -0.3 is 10.6 Å². The minimum absolute atomic E-state index is 0.0879. The van der Waals surface area contributed by atoms with Gasteiger partial charge in [0.25, 0.3) is 0 Å². The molecule has 9 heteroatoms. The standard InChI is InChI=1S/C25H21N5O2S2/c1-16-7-5-11-30-23(16)29-22(17-8-3-2-4-9-17)24(30)27-20(31)13-18-15-34-25(26-18)28-21(32)14-19-10-6-12-33-19/h2-12,15H,13-14H2,1H3,(H,27,31)(H,26,28,32). The molecule has 0 aliphatic heterocycles. The number of hydrogen-bond acceptors (Lipinski definition) is 6. The van der Waals surface area contributed by atoms with Crippen LogP contribution in [0.1, 0.15) is 16.1 Å². The fourth-order valence-electron chi connectivity index (χ4n) is 3.64. The lowest BCUT2D eigenvalue weighted by atomic mass is 10.1. The van der Waals surface area contributed by atoms with Gasteiger partial charge in [0.15, 0.2) is 5.13 Å². The van der Waals surface area contributed by atoms with Crippen molar-refractivity contribution in [3.63, 3.8) is 0 Å². The number of thiophene rings is 1. The largest absolute Gasteiger partial charge is 0.310 e. The summed E-state index contributed by atoms with van der Waals surface area (Å²) in [6.07, 6.45) is 2.29. The number of aryl methyl sites for hydroxylation is 1. The van der Waals surface area contributed by atoms with E-state index in [1.54, 1.807) is 16.7 Å². The number of aromatic nitrogens is 3. The molecular weight excluding hydrogens is 466 g/mol. The van der Waals surface area contributed by atoms with Crippen LogP contribution in [0.5, 0.6) is 0 Å². The van der Waals surface area contributed by atoms with Crippen LogP contribution >= 0.6 is 22.7 Å². The molecule has 0 saturated carbocycles. The van der Waals surface area contributed by atoms with Crippen LogP contribution in [-0.2, 0) is 22.4 Å². The van der Waals surface area contributed by atoms with E-state index in [1.165, 1.54) is 11.3 Å². The van der Waals surface area contributed by atoms with Crippen molar-refractivity contribution < 1.29 is 9.59 Å². The molecule has 170 valence electrons. The molecule has 0 saturated heterocycles. The fourth-order valence-corrected chi connectivity index (χ4v) is 5.07. The average molecular weight is 488 g/mol. The van der Waals surface area contributed by atoms with Gasteiger partial charge in [-0.2, -0.15) is 0 Å². The topological polar surface area (TPSA) is 88.4 Å². The highest BCUT2D eigenvalue weighted by atomic mass is 32.1. The van der Waals surface area contributed by atoms with Crippen molar-refractivity contribution in [1.29, 1.82) is 0 Å². The zero-order valence-corrected chi connectivity index (χ0v) is 20.0. The van der Waals surface area contributed by atoms with Gasteiger partial charge in [-0.1, -0.05) is 42.5 Å². The minimum Gasteiger partial charge on any atom is -0.310 e. The van der Waals surface area contributed by atoms with Crippen LogP contribution in [0.2, 0.25) is 0 Å². The maximum absolute atomic E-state index is 13.0. The number of nitrogens with zero attached hydrogens (tertiary/aromatic N) is 3. The van der Waals surface area contributed by atoms with Gasteiger partial charge in [-0.25, -0.2) is 9.97 Å². The molecule has 0 fully saturated rings. The molecule has 34 heavy (non-hydrogen) atoms. The zero-order valence-electron chi connectivity index (χ0n) is 18.3. The first kappa shape index (κ1) is 22.0. The lowest BCUT2D eigenvalue weighted by molar-refractivity contribution is -0.116. The number of imidazole rings is 1. The van der Waals surface area contributed by atoms with Crippen molar-refractivity contribution in [1.82, 2.24) is 14.4 Å². The molecule has 5 rings (SSSR count). The Morgan fingerprint density at radius 3 is 2.53 bits per heavy atom. The van der Waals surface area contributed by atoms with Crippen molar-refractivity contribution in [2.24, 2.45) is 0 Å². The van der Waals surface area contributed by atoms with E-state index in [1.807, 2.05) is 77.5 Å². The van der Waals surface area contributed by atoms with Crippen molar-refractivity contribution in [3.05, 3.63) is 87.7 Å². The molecule has 5 aromatic rings. The third-order valence-electron chi connectivity index (χ3n) is 5.20. The van der Waals surface area contributed by atoms with Crippen LogP contribution in [-0.4, -0.2) is 26.2 Å². The maximum atomic E-state index is 13.0. The monoisotopic (exact) mass is 487 g/mol. The van der Waals surface area contributed by atoms with Crippen LogP contribution < -0.4 is 10.6 Å². The number of thiazole rings is 1. The van der Waals surface area contributed by atoms with Gasteiger partial charge in [0, 0.05) is 22.0 Å². The number of hydrogen-bond donors (Lipinski definition) is 2. The van der Waals surface area contributed by atoms with E-state index in [0.29, 0.717) is 28.8 Å². The van der Waals surface area contributed by atoms with E-state index >= 15 is 0 Å². The molecule has 1 aromatic carbocycles. The maximum Gasteiger partial charge on any atom is 0.231 e. The fraction of sp³-hybridized carbons (Fsp3) is 0.120. The van der Waals surface area contributed by atoms with E-state index in [4.69, 9.17) is 4.98 Å². The highest BCUT2D eigenvalue weighted by Crippen LogP contribution is 2.30. The molecule has 2 amide bonds. The summed E-state index contributed by atoms with van der Waals surface area (Å²) >= 11 is 2.85. The number of rotatable bonds is 7. The van der Waals surface area contributed by atoms with Crippen LogP contribution in [0.3, 0.4) is 0 Å². The summed E-state index contributed by atoms with van der Waals surface area (Å²) in [4.78, 5) is 35.4. The van der Waals surface area contributed by atoms with E-state index in [9.17, 15) is 9.59 Å². The predicted molar refractivity (Wildman–Crippen MR) is 136 cm³/mol. The van der Waals surface area contributed by atoms with E-state index in [-0.39, 0.29) is 18.2 Å². The molecule has 0 atom stereocenters. The molecule has 4 aromatic heterocycles. The van der Waals surface area contributed by atoms with E-state index in [0.717, 1.165) is 21.7 Å². The van der Waals surface area contributed by atoms with Crippen molar-refractivity contribution in [2.45, 2.75) is 19.8 Å². The van der Waals surface area contributed by atoms with Gasteiger partial charge in [-0.05, 0) is 30.0 Å². The first-order valence-electron chi connectivity index (χ1n) is 10.7. The molecular formula is C25H21N5O2S2. The highest BCUT2D eigenvalue weighted by molar-refractivity contribution is 7.14. The second kappa shape index (κ2) is 9.58. The number of nitrogens with one attached hydrogen (secondary N) is 2. The summed E-state index contributed by atoms with van der Waals surface area (Å²) < 4.78 is 1.90. The Morgan fingerprint density at radius 1 is 0.912 bits per heavy atom. The Labute approximate surface area is 204 Å². The lowest BCUT2D eigenvalue weighted by Gasteiger charge is -2.07. The van der Waals surface area contributed by atoms with Gasteiger partial charge in [-0.15, -0.1) is 22.7 Å². The van der Waals surface area contributed by atoms with Crippen molar-refractivity contribution in [3.8, 4) is 11.3 Å². The molecule has 0 spiro atoms. The number of benzene rings is 1. The highest BCUT2D eigenvalue weighted by Gasteiger charge is 2.18. The molecule has 4 heterocycles. The SMILES string of the molecule is Cc1cccn2c(NC(=O)Cc3csc(NC(=O)Cc4cccs4)n3)c(-c3ccccc3)nc12. The van der Waals surface area contributed by atoms with Crippen molar-refractivity contribution in [2.75, 3.05) is 10.6 Å². The normalized spacial score (nSPS) is 11.0. The van der Waals surface area contributed by atoms with Gasteiger partial charge >= 0.3 is 0 Å². The molecule has 0 aliphatic carbocycles. The van der Waals surface area contributed by atoms with Crippen LogP contribution in [0.4, 0.5) is 10.9 Å². The average Bonchev–Trinajstić information content (AvgIpc) is 3.57. The van der Waals surface area contributed by atoms with Crippen LogP contribution in [0.15, 0.2) is 71.6 Å². The molecule has 0 bridgehead atoms. The van der Waals surface area contributed by atoms with Crippen molar-refractivity contribution >= 4 is 51.1 Å². The predicted octanol–water partition coefficient (Wildman–Crippen LogP) is 5.19. The van der Waals surface area contributed by atoms with Gasteiger partial charge in [0.05, 0.1) is 18.5 Å². The van der Waals surface area contributed by atoms with Gasteiger partial charge in [0.1, 0.15) is 17.2 Å². The molecule has 0 radical (unpaired) electrons.